The molecule has 3 rings (SSSR count). The molecule has 2 amide bonds. The van der Waals surface area contributed by atoms with Crippen molar-refractivity contribution < 1.29 is 19.4 Å². The number of anilines is 1. The van der Waals surface area contributed by atoms with Crippen molar-refractivity contribution in [2.75, 3.05) is 5.32 Å². The van der Waals surface area contributed by atoms with Crippen molar-refractivity contribution in [2.24, 2.45) is 5.10 Å². The Hall–Kier alpha value is -4.59. The standard InChI is InChI=1S/C18H13N7O6S/c26-15(21-19-10-11-2-1-3-14(8-11)25(30)31)9-16-22-23-18(32-16)20-17(27)12-4-6-13(7-5-12)24(28)29/h1-8,10H,9H2,(H,21,26)(H,20,23,27)/b19-10-. The number of non-ortho nitro benzene ring substituents is 2. The molecule has 0 unspecified atom stereocenters. The summed E-state index contributed by atoms with van der Waals surface area (Å²) >= 11 is 0.977. The number of nitro groups is 2. The molecule has 162 valence electrons. The molecule has 1 aromatic heterocycles. The molecule has 0 saturated heterocycles. The van der Waals surface area contributed by atoms with Crippen LogP contribution in [-0.2, 0) is 11.2 Å². The molecule has 0 aliphatic carbocycles. The van der Waals surface area contributed by atoms with Crippen LogP contribution in [0.3, 0.4) is 0 Å². The van der Waals surface area contributed by atoms with Crippen molar-refractivity contribution >= 4 is 45.9 Å². The van der Waals surface area contributed by atoms with E-state index in [-0.39, 0.29) is 28.5 Å². The molecule has 0 fully saturated rings. The van der Waals surface area contributed by atoms with Crippen LogP contribution in [0.1, 0.15) is 20.9 Å². The maximum atomic E-state index is 12.2. The van der Waals surface area contributed by atoms with Gasteiger partial charge < -0.3 is 0 Å². The number of benzene rings is 2. The highest BCUT2D eigenvalue weighted by Gasteiger charge is 2.14. The van der Waals surface area contributed by atoms with Crippen molar-refractivity contribution in [3.63, 3.8) is 0 Å². The average molecular weight is 455 g/mol. The lowest BCUT2D eigenvalue weighted by atomic mass is 10.2. The maximum Gasteiger partial charge on any atom is 0.270 e. The summed E-state index contributed by atoms with van der Waals surface area (Å²) in [6, 6.07) is 10.8. The number of hydrazone groups is 1. The Morgan fingerprint density at radius 1 is 1.03 bits per heavy atom. The van der Waals surface area contributed by atoms with Gasteiger partial charge in [-0.05, 0) is 12.1 Å². The average Bonchev–Trinajstić information content (AvgIpc) is 3.20. The van der Waals surface area contributed by atoms with Gasteiger partial charge >= 0.3 is 0 Å². The van der Waals surface area contributed by atoms with Gasteiger partial charge in [0.1, 0.15) is 5.01 Å². The van der Waals surface area contributed by atoms with Crippen molar-refractivity contribution in [3.8, 4) is 0 Å². The summed E-state index contributed by atoms with van der Waals surface area (Å²) in [5.41, 5.74) is 2.67. The molecule has 0 saturated carbocycles. The molecule has 2 aromatic carbocycles. The Balaban J connectivity index is 1.52. The Bertz CT molecular complexity index is 1210. The minimum Gasteiger partial charge on any atom is -0.296 e. The third-order valence-corrected chi connectivity index (χ3v) is 4.66. The van der Waals surface area contributed by atoms with Gasteiger partial charge in [0.2, 0.25) is 11.0 Å². The molecule has 1 heterocycles. The van der Waals surface area contributed by atoms with E-state index in [4.69, 9.17) is 0 Å². The normalized spacial score (nSPS) is 10.6. The molecule has 32 heavy (non-hydrogen) atoms. The van der Waals surface area contributed by atoms with Gasteiger partial charge in [-0.15, -0.1) is 10.2 Å². The van der Waals surface area contributed by atoms with Gasteiger partial charge in [0.15, 0.2) is 0 Å². The summed E-state index contributed by atoms with van der Waals surface area (Å²) in [6.07, 6.45) is 1.11. The van der Waals surface area contributed by atoms with Crippen LogP contribution in [0, 0.1) is 20.2 Å². The quantitative estimate of drug-likeness (QED) is 0.294. The van der Waals surface area contributed by atoms with E-state index in [1.807, 2.05) is 0 Å². The molecule has 0 spiro atoms. The first-order valence-electron chi connectivity index (χ1n) is 8.76. The van der Waals surface area contributed by atoms with Crippen molar-refractivity contribution in [1.82, 2.24) is 15.6 Å². The molecule has 3 aromatic rings. The zero-order chi connectivity index (χ0) is 23.1. The van der Waals surface area contributed by atoms with E-state index >= 15 is 0 Å². The summed E-state index contributed by atoms with van der Waals surface area (Å²) < 4.78 is 0. The number of carbonyl (C=O) groups excluding carboxylic acids is 2. The van der Waals surface area contributed by atoms with Crippen LogP contribution in [0.2, 0.25) is 0 Å². The summed E-state index contributed by atoms with van der Waals surface area (Å²) in [5.74, 6) is -1.04. The van der Waals surface area contributed by atoms with Gasteiger partial charge in [-0.25, -0.2) is 5.43 Å². The minimum atomic E-state index is -0.572. The topological polar surface area (TPSA) is 183 Å². The number of hydrogen-bond acceptors (Lipinski definition) is 10. The number of nitro benzene ring substituents is 2. The van der Waals surface area contributed by atoms with Gasteiger partial charge in [-0.2, -0.15) is 5.10 Å². The molecule has 0 aliphatic rings. The fourth-order valence-electron chi connectivity index (χ4n) is 2.35. The van der Waals surface area contributed by atoms with Crippen molar-refractivity contribution in [3.05, 3.63) is 84.9 Å². The largest absolute Gasteiger partial charge is 0.296 e. The van der Waals surface area contributed by atoms with Gasteiger partial charge in [0.05, 0.1) is 22.5 Å². The number of amides is 2. The van der Waals surface area contributed by atoms with Gasteiger partial charge in [0, 0.05) is 35.4 Å². The molecular formula is C18H13N7O6S. The first-order valence-corrected chi connectivity index (χ1v) is 9.58. The molecule has 0 aliphatic heterocycles. The number of hydrogen-bond donors (Lipinski definition) is 2. The third-order valence-electron chi connectivity index (χ3n) is 3.82. The maximum absolute atomic E-state index is 12.2. The van der Waals surface area contributed by atoms with Gasteiger partial charge in [0.25, 0.3) is 17.3 Å². The Morgan fingerprint density at radius 2 is 1.75 bits per heavy atom. The highest BCUT2D eigenvalue weighted by molar-refractivity contribution is 7.15. The lowest BCUT2D eigenvalue weighted by Crippen LogP contribution is -2.19. The molecule has 14 heteroatoms. The first-order chi connectivity index (χ1) is 15.3. The van der Waals surface area contributed by atoms with Crippen LogP contribution < -0.4 is 10.7 Å². The van der Waals surface area contributed by atoms with Gasteiger partial charge in [-0.3, -0.25) is 35.1 Å². The minimum absolute atomic E-state index is 0.0996. The van der Waals surface area contributed by atoms with E-state index in [2.05, 4.69) is 26.0 Å². The number of nitrogens with zero attached hydrogens (tertiary/aromatic N) is 5. The lowest BCUT2D eigenvalue weighted by molar-refractivity contribution is -0.385. The second-order valence-corrected chi connectivity index (χ2v) is 7.14. The van der Waals surface area contributed by atoms with E-state index in [1.165, 1.54) is 48.7 Å². The van der Waals surface area contributed by atoms with Crippen LogP contribution in [0.4, 0.5) is 16.5 Å². The fourth-order valence-corrected chi connectivity index (χ4v) is 3.09. The van der Waals surface area contributed by atoms with E-state index < -0.39 is 21.7 Å². The Kier molecular flexibility index (Phi) is 6.87. The molecule has 2 N–H and O–H groups in total. The molecule has 0 bridgehead atoms. The summed E-state index contributed by atoms with van der Waals surface area (Å²) in [5, 5.41) is 35.7. The molecule has 0 atom stereocenters. The van der Waals surface area contributed by atoms with Crippen LogP contribution in [0.15, 0.2) is 53.6 Å². The number of rotatable bonds is 8. The van der Waals surface area contributed by atoms with Crippen LogP contribution in [0.25, 0.3) is 0 Å². The highest BCUT2D eigenvalue weighted by Crippen LogP contribution is 2.18. The predicted octanol–water partition coefficient (Wildman–Crippen LogP) is 2.30. The van der Waals surface area contributed by atoms with Crippen LogP contribution >= 0.6 is 11.3 Å². The van der Waals surface area contributed by atoms with E-state index in [0.717, 1.165) is 11.3 Å². The van der Waals surface area contributed by atoms with Crippen molar-refractivity contribution in [2.45, 2.75) is 6.42 Å². The number of nitrogens with one attached hydrogen (secondary N) is 2. The summed E-state index contributed by atoms with van der Waals surface area (Å²) in [7, 11) is 0. The fraction of sp³-hybridized carbons (Fsp3) is 0.0556. The Morgan fingerprint density at radius 3 is 2.44 bits per heavy atom. The number of carbonyl (C=O) groups is 2. The van der Waals surface area contributed by atoms with Crippen LogP contribution in [-0.4, -0.2) is 38.1 Å². The van der Waals surface area contributed by atoms with E-state index in [0.29, 0.717) is 10.6 Å². The number of aromatic nitrogens is 2. The SMILES string of the molecule is O=C(Cc1nnc(NC(=O)c2ccc([N+](=O)[O-])cc2)s1)N/N=C\c1cccc([N+](=O)[O-])c1. The monoisotopic (exact) mass is 455 g/mol. The first kappa shape index (κ1) is 22.1. The second kappa shape index (κ2) is 9.94. The van der Waals surface area contributed by atoms with Crippen molar-refractivity contribution in [1.29, 1.82) is 0 Å². The zero-order valence-corrected chi connectivity index (χ0v) is 16.8. The van der Waals surface area contributed by atoms with E-state index in [1.54, 1.807) is 6.07 Å². The molecule has 13 nitrogen and oxygen atoms in total. The summed E-state index contributed by atoms with van der Waals surface area (Å²) in [6.45, 7) is 0. The lowest BCUT2D eigenvalue weighted by Gasteiger charge is -2.00. The zero-order valence-electron chi connectivity index (χ0n) is 16.0. The predicted molar refractivity (Wildman–Crippen MR) is 113 cm³/mol. The highest BCUT2D eigenvalue weighted by atomic mass is 32.1. The molecular weight excluding hydrogens is 442 g/mol. The summed E-state index contributed by atoms with van der Waals surface area (Å²) in [4.78, 5) is 44.5. The van der Waals surface area contributed by atoms with Gasteiger partial charge in [-0.1, -0.05) is 23.5 Å². The third kappa shape index (κ3) is 5.96. The second-order valence-electron chi connectivity index (χ2n) is 6.08. The molecule has 0 radical (unpaired) electrons. The Labute approximate surface area is 183 Å². The van der Waals surface area contributed by atoms with E-state index in [9.17, 15) is 29.8 Å². The van der Waals surface area contributed by atoms with Crippen LogP contribution in [0.5, 0.6) is 0 Å². The smallest absolute Gasteiger partial charge is 0.270 e.